The van der Waals surface area contributed by atoms with E-state index in [1.807, 2.05) is 30.3 Å². The van der Waals surface area contributed by atoms with Crippen LogP contribution in [0.2, 0.25) is 0 Å². The Hall–Kier alpha value is -8.19. The molecule has 0 aliphatic heterocycles. The Morgan fingerprint density at radius 1 is 0.349 bits per heavy atom. The van der Waals surface area contributed by atoms with Crippen molar-refractivity contribution in [2.75, 3.05) is 0 Å². The molecule has 0 saturated heterocycles. The SMILES string of the molecule is c1ccc(-c2cccc(-c3cccc4sc5cc(-c6nc(-c7ccccc7)nc(-c7ccc8c(c7)oc7cccc(-n9c%10ccccc%10c%10ccccc%109)c78)n6)ccc5c34)c2)cc1. The van der Waals surface area contributed by atoms with Gasteiger partial charge in [-0.3, -0.25) is 0 Å². The third-order valence-corrected chi connectivity index (χ3v) is 13.4. The lowest BCUT2D eigenvalue weighted by Gasteiger charge is -2.10. The third kappa shape index (κ3) is 5.80. The number of para-hydroxylation sites is 2. The number of fused-ring (bicyclic) bond motifs is 9. The molecule has 0 unspecified atom stereocenters. The van der Waals surface area contributed by atoms with E-state index >= 15 is 0 Å². The lowest BCUT2D eigenvalue weighted by atomic mass is 9.96. The van der Waals surface area contributed by atoms with Crippen molar-refractivity contribution in [2.24, 2.45) is 0 Å². The van der Waals surface area contributed by atoms with Gasteiger partial charge in [0.2, 0.25) is 0 Å². The Morgan fingerprint density at radius 2 is 0.937 bits per heavy atom. The highest BCUT2D eigenvalue weighted by Crippen LogP contribution is 2.43. The topological polar surface area (TPSA) is 56.7 Å². The van der Waals surface area contributed by atoms with Crippen molar-refractivity contribution >= 4 is 75.3 Å². The first-order chi connectivity index (χ1) is 31.2. The molecular weight excluding hydrogens is 789 g/mol. The van der Waals surface area contributed by atoms with Gasteiger partial charge in [-0.25, -0.2) is 15.0 Å². The monoisotopic (exact) mass is 822 g/mol. The normalized spacial score (nSPS) is 11.8. The molecule has 4 heterocycles. The van der Waals surface area contributed by atoms with E-state index in [1.54, 1.807) is 11.3 Å². The standard InChI is InChI=1S/C57H34N4OS/c1-3-14-35(15-4-1)37-18-11-19-38(32-37)41-22-12-27-51-53(41)45-31-29-40(34-52(45)63-51)57-59-55(36-16-5-2-6-17-36)58-56(60-57)39-28-30-44-50(33-39)62-49-26-13-25-48(54(44)49)61-46-23-9-7-20-42(46)43-21-8-10-24-47(43)61/h1-34H. The average Bonchev–Trinajstić information content (AvgIpc) is 4.03. The molecule has 0 fully saturated rings. The van der Waals surface area contributed by atoms with Crippen molar-refractivity contribution in [2.45, 2.75) is 0 Å². The van der Waals surface area contributed by atoms with Crippen LogP contribution in [-0.2, 0) is 0 Å². The lowest BCUT2D eigenvalue weighted by molar-refractivity contribution is 0.669. The van der Waals surface area contributed by atoms with Crippen LogP contribution in [0.4, 0.5) is 0 Å². The summed E-state index contributed by atoms with van der Waals surface area (Å²) in [6, 6.07) is 72.6. The van der Waals surface area contributed by atoms with E-state index in [0.717, 1.165) is 55.3 Å². The van der Waals surface area contributed by atoms with Gasteiger partial charge in [0.15, 0.2) is 17.5 Å². The fourth-order valence-corrected chi connectivity index (χ4v) is 10.5. The van der Waals surface area contributed by atoms with Gasteiger partial charge in [0.05, 0.1) is 22.1 Å². The quantitative estimate of drug-likeness (QED) is 0.168. The van der Waals surface area contributed by atoms with E-state index in [4.69, 9.17) is 19.4 Å². The number of benzene rings is 9. The first kappa shape index (κ1) is 35.6. The molecule has 0 amide bonds. The summed E-state index contributed by atoms with van der Waals surface area (Å²) in [5.74, 6) is 1.82. The molecule has 13 rings (SSSR count). The molecule has 0 aliphatic carbocycles. The van der Waals surface area contributed by atoms with Crippen LogP contribution in [0.25, 0.3) is 126 Å². The van der Waals surface area contributed by atoms with Crippen molar-refractivity contribution < 1.29 is 4.42 Å². The van der Waals surface area contributed by atoms with E-state index in [0.29, 0.717) is 17.5 Å². The molecule has 0 bridgehead atoms. The first-order valence-corrected chi connectivity index (χ1v) is 21.9. The Balaban J connectivity index is 0.939. The largest absolute Gasteiger partial charge is 0.456 e. The number of aromatic nitrogens is 4. The molecule has 0 radical (unpaired) electrons. The lowest BCUT2D eigenvalue weighted by Crippen LogP contribution is -2.00. The van der Waals surface area contributed by atoms with Crippen molar-refractivity contribution in [3.63, 3.8) is 0 Å². The summed E-state index contributed by atoms with van der Waals surface area (Å²) in [6.07, 6.45) is 0. The molecule has 0 saturated carbocycles. The van der Waals surface area contributed by atoms with Crippen molar-refractivity contribution in [1.29, 1.82) is 0 Å². The second-order valence-corrected chi connectivity index (χ2v) is 17.0. The highest BCUT2D eigenvalue weighted by Gasteiger charge is 2.20. The van der Waals surface area contributed by atoms with Gasteiger partial charge in [-0.1, -0.05) is 152 Å². The number of hydrogen-bond donors (Lipinski definition) is 0. The molecule has 0 N–H and O–H groups in total. The molecule has 5 nitrogen and oxygen atoms in total. The van der Waals surface area contributed by atoms with E-state index in [2.05, 4.69) is 180 Å². The Labute approximate surface area is 365 Å². The van der Waals surface area contributed by atoms with Gasteiger partial charge >= 0.3 is 0 Å². The maximum absolute atomic E-state index is 6.67. The van der Waals surface area contributed by atoms with Crippen LogP contribution in [0.5, 0.6) is 0 Å². The van der Waals surface area contributed by atoms with Gasteiger partial charge in [-0.05, 0) is 76.9 Å². The molecule has 294 valence electrons. The molecule has 63 heavy (non-hydrogen) atoms. The highest BCUT2D eigenvalue weighted by molar-refractivity contribution is 7.26. The number of hydrogen-bond acceptors (Lipinski definition) is 5. The third-order valence-electron chi connectivity index (χ3n) is 12.3. The molecule has 0 atom stereocenters. The van der Waals surface area contributed by atoms with E-state index in [1.165, 1.54) is 53.2 Å². The van der Waals surface area contributed by atoms with Crippen molar-refractivity contribution in [3.05, 3.63) is 206 Å². The Kier molecular flexibility index (Phi) is 8.01. The second kappa shape index (κ2) is 14.2. The van der Waals surface area contributed by atoms with Gasteiger partial charge in [-0.15, -0.1) is 11.3 Å². The molecular formula is C57H34N4OS. The van der Waals surface area contributed by atoms with E-state index in [-0.39, 0.29) is 0 Å². The minimum Gasteiger partial charge on any atom is -0.456 e. The Bertz CT molecular complexity index is 3870. The van der Waals surface area contributed by atoms with Crippen LogP contribution in [0.3, 0.4) is 0 Å². The van der Waals surface area contributed by atoms with E-state index in [9.17, 15) is 0 Å². The summed E-state index contributed by atoms with van der Waals surface area (Å²) in [5.41, 5.74) is 12.5. The summed E-state index contributed by atoms with van der Waals surface area (Å²) < 4.78 is 11.5. The predicted octanol–water partition coefficient (Wildman–Crippen LogP) is 15.6. The maximum Gasteiger partial charge on any atom is 0.164 e. The minimum atomic E-state index is 0.584. The zero-order valence-corrected chi connectivity index (χ0v) is 34.6. The summed E-state index contributed by atoms with van der Waals surface area (Å²) in [5, 5.41) is 7.02. The fraction of sp³-hybridized carbons (Fsp3) is 0. The smallest absolute Gasteiger partial charge is 0.164 e. The van der Waals surface area contributed by atoms with Crippen LogP contribution in [0, 0.1) is 0 Å². The molecule has 0 aliphatic rings. The second-order valence-electron chi connectivity index (χ2n) is 15.9. The molecule has 0 spiro atoms. The number of thiophene rings is 1. The summed E-state index contributed by atoms with van der Waals surface area (Å²) in [7, 11) is 0. The number of nitrogens with zero attached hydrogens (tertiary/aromatic N) is 4. The zero-order valence-electron chi connectivity index (χ0n) is 33.7. The molecule has 4 aromatic heterocycles. The maximum atomic E-state index is 6.67. The van der Waals surface area contributed by atoms with E-state index < -0.39 is 0 Å². The first-order valence-electron chi connectivity index (χ1n) is 21.1. The Morgan fingerprint density at radius 3 is 1.68 bits per heavy atom. The molecule has 13 aromatic rings. The van der Waals surface area contributed by atoms with Crippen LogP contribution in [0.15, 0.2) is 211 Å². The van der Waals surface area contributed by atoms with Crippen LogP contribution < -0.4 is 0 Å². The van der Waals surface area contributed by atoms with Crippen molar-refractivity contribution in [1.82, 2.24) is 19.5 Å². The molecule has 6 heteroatoms. The van der Waals surface area contributed by atoms with Crippen LogP contribution in [-0.4, -0.2) is 19.5 Å². The highest BCUT2D eigenvalue weighted by atomic mass is 32.1. The predicted molar refractivity (Wildman–Crippen MR) is 262 cm³/mol. The summed E-state index contributed by atoms with van der Waals surface area (Å²) >= 11 is 1.80. The number of rotatable bonds is 6. The van der Waals surface area contributed by atoms with Gasteiger partial charge in [0, 0.05) is 53.0 Å². The van der Waals surface area contributed by atoms with Gasteiger partial charge in [0.25, 0.3) is 0 Å². The molecule has 9 aromatic carbocycles. The van der Waals surface area contributed by atoms with Gasteiger partial charge in [0.1, 0.15) is 11.2 Å². The number of furan rings is 1. The van der Waals surface area contributed by atoms with Gasteiger partial charge < -0.3 is 8.98 Å². The summed E-state index contributed by atoms with van der Waals surface area (Å²) in [4.78, 5) is 15.4. The van der Waals surface area contributed by atoms with Crippen LogP contribution in [0.1, 0.15) is 0 Å². The summed E-state index contributed by atoms with van der Waals surface area (Å²) in [6.45, 7) is 0. The van der Waals surface area contributed by atoms with Crippen LogP contribution >= 0.6 is 11.3 Å². The van der Waals surface area contributed by atoms with Gasteiger partial charge in [-0.2, -0.15) is 0 Å². The zero-order chi connectivity index (χ0) is 41.4. The average molecular weight is 823 g/mol. The minimum absolute atomic E-state index is 0.584. The fourth-order valence-electron chi connectivity index (χ4n) is 9.37. The van der Waals surface area contributed by atoms with Crippen molar-refractivity contribution in [3.8, 4) is 62.1 Å².